The highest BCUT2D eigenvalue weighted by atomic mass is 16.7. The van der Waals surface area contributed by atoms with E-state index in [4.69, 9.17) is 9.47 Å². The number of ether oxygens (including phenoxy) is 2. The number of carbonyl (C=O) groups is 2. The van der Waals surface area contributed by atoms with Crippen LogP contribution in [0.3, 0.4) is 0 Å². The summed E-state index contributed by atoms with van der Waals surface area (Å²) >= 11 is 0. The number of amides is 2. The zero-order chi connectivity index (χ0) is 17.8. The summed E-state index contributed by atoms with van der Waals surface area (Å²) in [4.78, 5) is 26.5. The van der Waals surface area contributed by atoms with E-state index in [1.807, 2.05) is 13.8 Å². The summed E-state index contributed by atoms with van der Waals surface area (Å²) < 4.78 is 15.2. The second-order valence-electron chi connectivity index (χ2n) is 6.08. The van der Waals surface area contributed by atoms with Gasteiger partial charge in [0.1, 0.15) is 12.8 Å². The Labute approximate surface area is 144 Å². The minimum Gasteiger partial charge on any atom is -0.454 e. The van der Waals surface area contributed by atoms with E-state index in [2.05, 4.69) is 15.0 Å². The minimum absolute atomic E-state index is 0.0850. The number of rotatable bonds is 6. The van der Waals surface area contributed by atoms with Crippen LogP contribution in [-0.4, -0.2) is 41.8 Å². The second kappa shape index (κ2) is 7.25. The van der Waals surface area contributed by atoms with Gasteiger partial charge < -0.3 is 24.2 Å². The van der Waals surface area contributed by atoms with Crippen molar-refractivity contribution in [2.75, 3.05) is 25.2 Å². The van der Waals surface area contributed by atoms with Gasteiger partial charge in [-0.3, -0.25) is 9.59 Å². The van der Waals surface area contributed by atoms with Crippen LogP contribution in [0, 0.1) is 5.92 Å². The van der Waals surface area contributed by atoms with E-state index < -0.39 is 0 Å². The molecule has 8 nitrogen and oxygen atoms in total. The maximum atomic E-state index is 12.8. The summed E-state index contributed by atoms with van der Waals surface area (Å²) in [5.74, 6) is 1.06. The number of aromatic nitrogens is 1. The summed E-state index contributed by atoms with van der Waals surface area (Å²) in [6.07, 6.45) is 1.36. The van der Waals surface area contributed by atoms with Crippen LogP contribution in [0.4, 0.5) is 5.82 Å². The molecule has 1 aliphatic rings. The largest absolute Gasteiger partial charge is 0.454 e. The van der Waals surface area contributed by atoms with Gasteiger partial charge in [0.15, 0.2) is 17.3 Å². The zero-order valence-electron chi connectivity index (χ0n) is 14.0. The fourth-order valence-electron chi connectivity index (χ4n) is 2.50. The highest BCUT2D eigenvalue weighted by Gasteiger charge is 2.23. The molecular formula is C17H19N3O5. The lowest BCUT2D eigenvalue weighted by molar-refractivity contribution is -0.117. The molecule has 25 heavy (non-hydrogen) atoms. The molecule has 3 rings (SSSR count). The Morgan fingerprint density at radius 2 is 2.04 bits per heavy atom. The molecule has 2 heterocycles. The van der Waals surface area contributed by atoms with Crippen LogP contribution in [0.5, 0.6) is 11.5 Å². The fraction of sp³-hybridized carbons (Fsp3) is 0.353. The van der Waals surface area contributed by atoms with Gasteiger partial charge in [-0.15, -0.1) is 0 Å². The lowest BCUT2D eigenvalue weighted by Crippen LogP contribution is -2.40. The molecule has 0 bridgehead atoms. The summed E-state index contributed by atoms with van der Waals surface area (Å²) in [5, 5.41) is 6.22. The van der Waals surface area contributed by atoms with Crippen molar-refractivity contribution < 1.29 is 23.6 Å². The van der Waals surface area contributed by atoms with Crippen molar-refractivity contribution in [2.45, 2.75) is 13.8 Å². The molecule has 0 saturated heterocycles. The first-order chi connectivity index (χ1) is 12.0. The Morgan fingerprint density at radius 1 is 1.24 bits per heavy atom. The molecule has 132 valence electrons. The summed E-state index contributed by atoms with van der Waals surface area (Å²) in [6.45, 7) is 4.46. The maximum Gasteiger partial charge on any atom is 0.254 e. The number of hydrogen-bond donors (Lipinski definition) is 1. The second-order valence-corrected chi connectivity index (χ2v) is 6.08. The number of nitrogens with one attached hydrogen (secondary N) is 1. The topological polar surface area (TPSA) is 93.9 Å². The zero-order valence-corrected chi connectivity index (χ0v) is 14.0. The quantitative estimate of drug-likeness (QED) is 0.862. The molecule has 2 amide bonds. The van der Waals surface area contributed by atoms with E-state index >= 15 is 0 Å². The Hall–Kier alpha value is -3.03. The van der Waals surface area contributed by atoms with Gasteiger partial charge in [-0.2, -0.15) is 0 Å². The third-order valence-corrected chi connectivity index (χ3v) is 3.53. The van der Waals surface area contributed by atoms with Gasteiger partial charge >= 0.3 is 0 Å². The number of hydrogen-bond acceptors (Lipinski definition) is 6. The van der Waals surface area contributed by atoms with E-state index in [-0.39, 0.29) is 31.1 Å². The average molecular weight is 345 g/mol. The van der Waals surface area contributed by atoms with Crippen molar-refractivity contribution in [1.82, 2.24) is 10.1 Å². The minimum atomic E-state index is -0.344. The first-order valence-corrected chi connectivity index (χ1v) is 7.92. The van der Waals surface area contributed by atoms with Crippen molar-refractivity contribution in [3.8, 4) is 11.5 Å². The van der Waals surface area contributed by atoms with Gasteiger partial charge in [0.2, 0.25) is 12.7 Å². The van der Waals surface area contributed by atoms with Crippen LogP contribution in [0.15, 0.2) is 35.1 Å². The first-order valence-electron chi connectivity index (χ1n) is 7.92. The van der Waals surface area contributed by atoms with Gasteiger partial charge in [0.25, 0.3) is 5.91 Å². The number of benzene rings is 1. The molecule has 1 aromatic carbocycles. The smallest absolute Gasteiger partial charge is 0.254 e. The van der Waals surface area contributed by atoms with E-state index in [0.29, 0.717) is 29.4 Å². The third-order valence-electron chi connectivity index (χ3n) is 3.53. The first kappa shape index (κ1) is 16.8. The SMILES string of the molecule is CC(C)CN(CC(=O)Nc1ccon1)C(=O)c1ccc2c(c1)OCO2. The number of nitrogens with zero attached hydrogens (tertiary/aromatic N) is 2. The van der Waals surface area contributed by atoms with Crippen LogP contribution in [-0.2, 0) is 4.79 Å². The molecule has 1 aliphatic heterocycles. The molecule has 0 atom stereocenters. The van der Waals surface area contributed by atoms with Crippen molar-refractivity contribution in [1.29, 1.82) is 0 Å². The van der Waals surface area contributed by atoms with Crippen molar-refractivity contribution in [3.05, 3.63) is 36.1 Å². The van der Waals surface area contributed by atoms with E-state index in [9.17, 15) is 9.59 Å². The van der Waals surface area contributed by atoms with E-state index in [0.717, 1.165) is 0 Å². The molecule has 8 heteroatoms. The highest BCUT2D eigenvalue weighted by Crippen LogP contribution is 2.32. The molecule has 0 saturated carbocycles. The number of anilines is 1. The number of carbonyl (C=O) groups excluding carboxylic acids is 2. The molecule has 0 aliphatic carbocycles. The van der Waals surface area contributed by atoms with Gasteiger partial charge in [0, 0.05) is 18.2 Å². The average Bonchev–Trinajstić information content (AvgIpc) is 3.23. The van der Waals surface area contributed by atoms with Crippen molar-refractivity contribution >= 4 is 17.6 Å². The van der Waals surface area contributed by atoms with Gasteiger partial charge in [-0.25, -0.2) is 0 Å². The number of fused-ring (bicyclic) bond motifs is 1. The van der Waals surface area contributed by atoms with E-state index in [1.165, 1.54) is 17.2 Å². The molecule has 0 radical (unpaired) electrons. The molecular weight excluding hydrogens is 326 g/mol. The van der Waals surface area contributed by atoms with Crippen LogP contribution >= 0.6 is 0 Å². The molecule has 1 aromatic heterocycles. The van der Waals surface area contributed by atoms with Crippen LogP contribution in [0.1, 0.15) is 24.2 Å². The molecule has 2 aromatic rings. The predicted molar refractivity (Wildman–Crippen MR) is 88.4 cm³/mol. The van der Waals surface area contributed by atoms with Gasteiger partial charge in [-0.1, -0.05) is 19.0 Å². The van der Waals surface area contributed by atoms with Crippen molar-refractivity contribution in [2.24, 2.45) is 5.92 Å². The fourth-order valence-corrected chi connectivity index (χ4v) is 2.50. The summed E-state index contributed by atoms with van der Waals surface area (Å²) in [5.41, 5.74) is 0.444. The molecule has 0 fully saturated rings. The Morgan fingerprint density at radius 3 is 2.76 bits per heavy atom. The molecule has 1 N–H and O–H groups in total. The van der Waals surface area contributed by atoms with Crippen LogP contribution in [0.25, 0.3) is 0 Å². The van der Waals surface area contributed by atoms with Crippen LogP contribution < -0.4 is 14.8 Å². The lowest BCUT2D eigenvalue weighted by Gasteiger charge is -2.24. The monoisotopic (exact) mass is 345 g/mol. The van der Waals surface area contributed by atoms with Gasteiger partial charge in [0.05, 0.1) is 0 Å². The van der Waals surface area contributed by atoms with Crippen LogP contribution in [0.2, 0.25) is 0 Å². The Kier molecular flexibility index (Phi) is 4.87. The standard InChI is InChI=1S/C17H19N3O5/c1-11(2)8-20(9-16(21)18-15-5-6-25-19-15)17(22)12-3-4-13-14(7-12)24-10-23-13/h3-7,11H,8-10H2,1-2H3,(H,18,19,21). The van der Waals surface area contributed by atoms with Crippen molar-refractivity contribution in [3.63, 3.8) is 0 Å². The molecule has 0 unspecified atom stereocenters. The highest BCUT2D eigenvalue weighted by molar-refractivity contribution is 5.99. The summed E-state index contributed by atoms with van der Waals surface area (Å²) in [7, 11) is 0. The normalized spacial score (nSPS) is 12.3. The summed E-state index contributed by atoms with van der Waals surface area (Å²) in [6, 6.07) is 6.52. The third kappa shape index (κ3) is 4.09. The Bertz CT molecular complexity index is 758. The lowest BCUT2D eigenvalue weighted by atomic mass is 10.1. The molecule has 0 spiro atoms. The predicted octanol–water partition coefficient (Wildman–Crippen LogP) is 2.14. The van der Waals surface area contributed by atoms with E-state index in [1.54, 1.807) is 18.2 Å². The Balaban J connectivity index is 1.72. The maximum absolute atomic E-state index is 12.8. The van der Waals surface area contributed by atoms with Gasteiger partial charge in [-0.05, 0) is 24.1 Å².